The van der Waals surface area contributed by atoms with Gasteiger partial charge in [-0.15, -0.1) is 0 Å². The third-order valence-electron chi connectivity index (χ3n) is 3.61. The smallest absolute Gasteiger partial charge is 0.0616 e. The van der Waals surface area contributed by atoms with Crippen LogP contribution in [0.4, 0.5) is 0 Å². The number of hydrogen-bond acceptors (Lipinski definition) is 2. The normalized spacial score (nSPS) is 39.0. The van der Waals surface area contributed by atoms with Gasteiger partial charge in [0.1, 0.15) is 0 Å². The van der Waals surface area contributed by atoms with E-state index in [1.165, 1.54) is 12.8 Å². The zero-order chi connectivity index (χ0) is 10.8. The Morgan fingerprint density at radius 1 is 1.36 bits per heavy atom. The number of rotatable bonds is 3. The van der Waals surface area contributed by atoms with E-state index in [-0.39, 0.29) is 12.1 Å². The predicted octanol–water partition coefficient (Wildman–Crippen LogP) is 2.17. The van der Waals surface area contributed by atoms with E-state index in [4.69, 9.17) is 0 Å². The molecular formula is C12H25NO. The molecule has 0 aromatic heterocycles. The van der Waals surface area contributed by atoms with Crippen molar-refractivity contribution in [3.8, 4) is 0 Å². The second kappa shape index (κ2) is 4.63. The summed E-state index contributed by atoms with van der Waals surface area (Å²) in [7, 11) is 0. The van der Waals surface area contributed by atoms with Crippen LogP contribution in [0.3, 0.4) is 0 Å². The fourth-order valence-electron chi connectivity index (χ4n) is 2.78. The van der Waals surface area contributed by atoms with E-state index in [0.29, 0.717) is 12.0 Å². The van der Waals surface area contributed by atoms with Gasteiger partial charge in [0.25, 0.3) is 0 Å². The van der Waals surface area contributed by atoms with Gasteiger partial charge in [0.05, 0.1) is 6.61 Å². The van der Waals surface area contributed by atoms with E-state index >= 15 is 0 Å². The minimum Gasteiger partial charge on any atom is -0.394 e. The van der Waals surface area contributed by atoms with Crippen LogP contribution in [0.1, 0.15) is 47.0 Å². The first kappa shape index (κ1) is 12.0. The van der Waals surface area contributed by atoms with Gasteiger partial charge >= 0.3 is 0 Å². The van der Waals surface area contributed by atoms with Crippen LogP contribution < -0.4 is 5.32 Å². The first-order valence-corrected chi connectivity index (χ1v) is 5.88. The predicted molar refractivity (Wildman–Crippen MR) is 60.3 cm³/mol. The van der Waals surface area contributed by atoms with Crippen LogP contribution in [-0.4, -0.2) is 23.3 Å². The van der Waals surface area contributed by atoms with E-state index in [1.807, 2.05) is 0 Å². The maximum atomic E-state index is 9.62. The Bertz CT molecular complexity index is 177. The van der Waals surface area contributed by atoms with E-state index < -0.39 is 0 Å². The van der Waals surface area contributed by atoms with E-state index in [2.05, 4.69) is 33.0 Å². The van der Waals surface area contributed by atoms with Crippen LogP contribution in [0.25, 0.3) is 0 Å². The third kappa shape index (κ3) is 2.48. The summed E-state index contributed by atoms with van der Waals surface area (Å²) in [6.07, 6.45) is 3.66. The van der Waals surface area contributed by atoms with Crippen LogP contribution in [0.5, 0.6) is 0 Å². The minimum absolute atomic E-state index is 0.0220. The van der Waals surface area contributed by atoms with Crippen LogP contribution in [0, 0.1) is 11.8 Å². The molecular weight excluding hydrogens is 174 g/mol. The first-order chi connectivity index (χ1) is 6.50. The molecule has 0 radical (unpaired) electrons. The lowest BCUT2D eigenvalue weighted by atomic mass is 9.70. The molecule has 84 valence electrons. The van der Waals surface area contributed by atoms with Gasteiger partial charge in [-0.25, -0.2) is 0 Å². The van der Waals surface area contributed by atoms with Crippen LogP contribution in [0.2, 0.25) is 0 Å². The molecule has 1 rings (SSSR count). The molecule has 3 atom stereocenters. The molecule has 14 heavy (non-hydrogen) atoms. The minimum atomic E-state index is -0.0220. The maximum absolute atomic E-state index is 9.62. The molecule has 0 amide bonds. The van der Waals surface area contributed by atoms with E-state index in [1.54, 1.807) is 0 Å². The van der Waals surface area contributed by atoms with Crippen LogP contribution >= 0.6 is 0 Å². The molecule has 1 saturated carbocycles. The zero-order valence-electron chi connectivity index (χ0n) is 10.0. The molecule has 1 aliphatic rings. The molecule has 2 nitrogen and oxygen atoms in total. The summed E-state index contributed by atoms with van der Waals surface area (Å²) < 4.78 is 0. The quantitative estimate of drug-likeness (QED) is 0.730. The summed E-state index contributed by atoms with van der Waals surface area (Å²) in [6, 6.07) is 0.454. The Morgan fingerprint density at radius 3 is 2.50 bits per heavy atom. The lowest BCUT2D eigenvalue weighted by Gasteiger charge is -2.46. The van der Waals surface area contributed by atoms with Crippen molar-refractivity contribution in [2.24, 2.45) is 11.8 Å². The highest BCUT2D eigenvalue weighted by Gasteiger charge is 2.40. The largest absolute Gasteiger partial charge is 0.394 e. The van der Waals surface area contributed by atoms with Crippen LogP contribution in [0.15, 0.2) is 0 Å². The summed E-state index contributed by atoms with van der Waals surface area (Å²) >= 11 is 0. The van der Waals surface area contributed by atoms with Crippen molar-refractivity contribution in [2.75, 3.05) is 6.61 Å². The monoisotopic (exact) mass is 199 g/mol. The summed E-state index contributed by atoms with van der Waals surface area (Å²) in [4.78, 5) is 0. The van der Waals surface area contributed by atoms with Crippen molar-refractivity contribution in [1.29, 1.82) is 0 Å². The number of nitrogens with one attached hydrogen (secondary N) is 1. The van der Waals surface area contributed by atoms with Gasteiger partial charge in [0.15, 0.2) is 0 Å². The molecule has 0 heterocycles. The fraction of sp³-hybridized carbons (Fsp3) is 1.00. The molecule has 0 aromatic rings. The van der Waals surface area contributed by atoms with Crippen molar-refractivity contribution >= 4 is 0 Å². The van der Waals surface area contributed by atoms with Gasteiger partial charge in [-0.1, -0.05) is 34.1 Å². The van der Waals surface area contributed by atoms with Crippen LogP contribution in [-0.2, 0) is 0 Å². The summed E-state index contributed by atoms with van der Waals surface area (Å²) in [5.41, 5.74) is -0.0220. The topological polar surface area (TPSA) is 32.3 Å². The summed E-state index contributed by atoms with van der Waals surface area (Å²) in [5, 5.41) is 13.2. The summed E-state index contributed by atoms with van der Waals surface area (Å²) in [6.45, 7) is 9.14. The lowest BCUT2D eigenvalue weighted by molar-refractivity contribution is 0.0474. The summed E-state index contributed by atoms with van der Waals surface area (Å²) in [5.74, 6) is 1.33. The highest BCUT2D eigenvalue weighted by molar-refractivity contribution is 4.97. The molecule has 0 bridgehead atoms. The number of aliphatic hydroxyl groups excluding tert-OH is 1. The molecule has 2 N–H and O–H groups in total. The average Bonchev–Trinajstić information content (AvgIpc) is 2.10. The Labute approximate surface area is 88.1 Å². The Kier molecular flexibility index (Phi) is 3.96. The van der Waals surface area contributed by atoms with Gasteiger partial charge in [0.2, 0.25) is 0 Å². The van der Waals surface area contributed by atoms with Crippen molar-refractivity contribution in [2.45, 2.75) is 58.5 Å². The molecule has 0 aliphatic heterocycles. The van der Waals surface area contributed by atoms with E-state index in [0.717, 1.165) is 12.3 Å². The molecule has 0 saturated heterocycles. The molecule has 0 spiro atoms. The molecule has 3 unspecified atom stereocenters. The maximum Gasteiger partial charge on any atom is 0.0616 e. The average molecular weight is 199 g/mol. The van der Waals surface area contributed by atoms with Crippen molar-refractivity contribution in [3.63, 3.8) is 0 Å². The lowest BCUT2D eigenvalue weighted by Crippen LogP contribution is -2.58. The zero-order valence-corrected chi connectivity index (χ0v) is 10.0. The van der Waals surface area contributed by atoms with Gasteiger partial charge < -0.3 is 10.4 Å². The van der Waals surface area contributed by atoms with E-state index in [9.17, 15) is 5.11 Å². The number of aliphatic hydroxyl groups is 1. The Balaban J connectivity index is 2.72. The van der Waals surface area contributed by atoms with Gasteiger partial charge in [-0.2, -0.15) is 0 Å². The van der Waals surface area contributed by atoms with Crippen molar-refractivity contribution in [3.05, 3.63) is 0 Å². The van der Waals surface area contributed by atoms with Gasteiger partial charge in [-0.3, -0.25) is 0 Å². The highest BCUT2D eigenvalue weighted by atomic mass is 16.3. The van der Waals surface area contributed by atoms with Crippen molar-refractivity contribution < 1.29 is 5.11 Å². The fourth-order valence-corrected chi connectivity index (χ4v) is 2.78. The second-order valence-electron chi connectivity index (χ2n) is 5.40. The second-order valence-corrected chi connectivity index (χ2v) is 5.40. The Hall–Kier alpha value is -0.0800. The standard InChI is InChI=1S/C12H25NO/c1-9(2)13-12(8-14)7-10(3)5-6-11(12)4/h9-11,13-14H,5-8H2,1-4H3. The first-order valence-electron chi connectivity index (χ1n) is 5.88. The molecule has 2 heteroatoms. The van der Waals surface area contributed by atoms with Crippen molar-refractivity contribution in [1.82, 2.24) is 5.32 Å². The molecule has 1 aliphatic carbocycles. The Morgan fingerprint density at radius 2 is 2.00 bits per heavy atom. The van der Waals surface area contributed by atoms with Gasteiger partial charge in [0, 0.05) is 11.6 Å². The SMILES string of the molecule is CC1CCC(C)C(CO)(NC(C)C)C1. The number of hydrogen-bond donors (Lipinski definition) is 2. The third-order valence-corrected chi connectivity index (χ3v) is 3.61. The molecule has 0 aromatic carbocycles. The van der Waals surface area contributed by atoms with Gasteiger partial charge in [-0.05, 0) is 24.7 Å². The highest BCUT2D eigenvalue weighted by Crippen LogP contribution is 2.36. The molecule has 1 fully saturated rings.